The Morgan fingerprint density at radius 3 is 1.90 bits per heavy atom. The monoisotopic (exact) mass is 533 g/mol. The van der Waals surface area contributed by atoms with Crippen molar-refractivity contribution >= 4 is 55.1 Å². The van der Waals surface area contributed by atoms with Gasteiger partial charge in [-0.25, -0.2) is 15.0 Å². The summed E-state index contributed by atoms with van der Waals surface area (Å²) in [6.45, 7) is 0. The molecule has 2 heterocycles. The molecule has 0 N–H and O–H groups in total. The highest BCUT2D eigenvalue weighted by atomic mass is 35.5. The van der Waals surface area contributed by atoms with Crippen LogP contribution in [0.1, 0.15) is 0 Å². The first-order valence-corrected chi connectivity index (χ1v) is 13.4. The van der Waals surface area contributed by atoms with Gasteiger partial charge in [0.15, 0.2) is 23.1 Å². The van der Waals surface area contributed by atoms with Gasteiger partial charge < -0.3 is 4.42 Å². The van der Waals surface area contributed by atoms with Gasteiger partial charge in [0, 0.05) is 32.8 Å². The van der Waals surface area contributed by atoms with Crippen LogP contribution < -0.4 is 0 Å². The van der Waals surface area contributed by atoms with Crippen molar-refractivity contribution in [2.45, 2.75) is 0 Å². The lowest BCUT2D eigenvalue weighted by Gasteiger charge is -2.12. The van der Waals surface area contributed by atoms with Crippen molar-refractivity contribution in [2.24, 2.45) is 0 Å². The molecule has 0 bridgehead atoms. The Hall–Kier alpha value is -5.06. The number of rotatable bonds is 3. The smallest absolute Gasteiger partial charge is 0.164 e. The van der Waals surface area contributed by atoms with Crippen LogP contribution in [0.3, 0.4) is 0 Å². The van der Waals surface area contributed by atoms with Crippen molar-refractivity contribution in [3.8, 4) is 34.2 Å². The minimum Gasteiger partial charge on any atom is -0.454 e. The van der Waals surface area contributed by atoms with E-state index in [1.54, 1.807) is 0 Å². The molecule has 0 saturated heterocycles. The predicted molar refractivity (Wildman–Crippen MR) is 163 cm³/mol. The van der Waals surface area contributed by atoms with Gasteiger partial charge >= 0.3 is 0 Å². The van der Waals surface area contributed by atoms with Crippen LogP contribution in [0.15, 0.2) is 126 Å². The fraction of sp³-hybridized carbons (Fsp3) is 0. The molecule has 5 heteroatoms. The lowest BCUT2D eigenvalue weighted by Crippen LogP contribution is -2.01. The second-order valence-electron chi connectivity index (χ2n) is 9.76. The highest BCUT2D eigenvalue weighted by molar-refractivity contribution is 6.36. The van der Waals surface area contributed by atoms with Crippen molar-refractivity contribution in [2.75, 3.05) is 0 Å². The van der Waals surface area contributed by atoms with Gasteiger partial charge in [0.2, 0.25) is 0 Å². The maximum atomic E-state index is 6.53. The second kappa shape index (κ2) is 9.01. The van der Waals surface area contributed by atoms with E-state index in [4.69, 9.17) is 31.0 Å². The van der Waals surface area contributed by atoms with Gasteiger partial charge in [-0.15, -0.1) is 0 Å². The number of furan rings is 1. The van der Waals surface area contributed by atoms with Gasteiger partial charge in [-0.3, -0.25) is 0 Å². The lowest BCUT2D eigenvalue weighted by molar-refractivity contribution is 0.673. The predicted octanol–water partition coefficient (Wildman–Crippen LogP) is 9.73. The number of fused-ring (bicyclic) bond motifs is 6. The Labute approximate surface area is 234 Å². The van der Waals surface area contributed by atoms with Crippen molar-refractivity contribution in [3.05, 3.63) is 126 Å². The number of nitrogens with zero attached hydrogens (tertiary/aromatic N) is 3. The first-order chi connectivity index (χ1) is 19.7. The van der Waals surface area contributed by atoms with Crippen molar-refractivity contribution in [1.82, 2.24) is 15.0 Å². The van der Waals surface area contributed by atoms with E-state index in [9.17, 15) is 0 Å². The summed E-state index contributed by atoms with van der Waals surface area (Å²) in [5, 5.41) is 6.73. The molecule has 8 aromatic rings. The normalized spacial score (nSPS) is 11.6. The molecular formula is C35H20ClN3O. The number of halogens is 1. The third-order valence-corrected chi connectivity index (χ3v) is 7.69. The van der Waals surface area contributed by atoms with Crippen molar-refractivity contribution in [1.29, 1.82) is 0 Å². The number of hydrogen-bond donors (Lipinski definition) is 0. The quantitative estimate of drug-likeness (QED) is 0.227. The van der Waals surface area contributed by atoms with Crippen LogP contribution >= 0.6 is 11.6 Å². The van der Waals surface area contributed by atoms with Crippen LogP contribution in [0.4, 0.5) is 0 Å². The summed E-state index contributed by atoms with van der Waals surface area (Å²) in [6, 6.07) is 40.7. The van der Waals surface area contributed by atoms with Crippen LogP contribution in [-0.4, -0.2) is 15.0 Å². The van der Waals surface area contributed by atoms with E-state index in [0.717, 1.165) is 54.6 Å². The third-order valence-electron chi connectivity index (χ3n) is 7.40. The third kappa shape index (κ3) is 3.58. The minimum absolute atomic E-state index is 0.587. The molecule has 0 aliphatic carbocycles. The average molecular weight is 534 g/mol. The van der Waals surface area contributed by atoms with E-state index < -0.39 is 0 Å². The zero-order valence-electron chi connectivity index (χ0n) is 21.2. The molecule has 0 saturated carbocycles. The van der Waals surface area contributed by atoms with E-state index in [1.807, 2.05) is 78.9 Å². The Kier molecular flexibility index (Phi) is 5.15. The first kappa shape index (κ1) is 22.9. The zero-order chi connectivity index (χ0) is 26.6. The number of aromatic nitrogens is 3. The molecule has 188 valence electrons. The SMILES string of the molecule is Clc1cccc2c1oc1c3ccccc3c(-c3nc(-c4ccccc4)nc(-c4cccc5ccccc45)n3)cc21. The van der Waals surface area contributed by atoms with E-state index in [-0.39, 0.29) is 0 Å². The standard InChI is InChI=1S/C35H20ClN3O/c36-30-19-9-17-26-28-20-29(24-15-6-7-16-25(24)31(28)40-32(26)30)35-38-33(22-11-2-1-3-12-22)37-34(39-35)27-18-8-13-21-10-4-5-14-23(21)27/h1-20H. The molecule has 0 atom stereocenters. The van der Waals surface area contributed by atoms with Gasteiger partial charge in [-0.05, 0) is 28.3 Å². The van der Waals surface area contributed by atoms with Crippen LogP contribution in [0.25, 0.3) is 77.6 Å². The Morgan fingerprint density at radius 2 is 1.05 bits per heavy atom. The molecule has 8 rings (SSSR count). The Morgan fingerprint density at radius 1 is 0.450 bits per heavy atom. The lowest BCUT2D eigenvalue weighted by atomic mass is 9.99. The molecule has 0 aliphatic heterocycles. The zero-order valence-corrected chi connectivity index (χ0v) is 21.9. The summed E-state index contributed by atoms with van der Waals surface area (Å²) in [5.41, 5.74) is 4.28. The molecule has 0 radical (unpaired) electrons. The summed E-state index contributed by atoms with van der Waals surface area (Å²) in [7, 11) is 0. The Balaban J connectivity index is 1.47. The van der Waals surface area contributed by atoms with E-state index in [2.05, 4.69) is 42.5 Å². The molecule has 0 amide bonds. The molecule has 2 aromatic heterocycles. The average Bonchev–Trinajstić information content (AvgIpc) is 3.41. The minimum atomic E-state index is 0.587. The Bertz CT molecular complexity index is 2230. The number of benzene rings is 6. The molecule has 4 nitrogen and oxygen atoms in total. The first-order valence-electron chi connectivity index (χ1n) is 13.1. The molecule has 6 aromatic carbocycles. The topological polar surface area (TPSA) is 51.8 Å². The summed E-state index contributed by atoms with van der Waals surface area (Å²) >= 11 is 6.53. The summed E-state index contributed by atoms with van der Waals surface area (Å²) < 4.78 is 6.34. The molecule has 0 spiro atoms. The van der Waals surface area contributed by atoms with E-state index in [1.165, 1.54) is 0 Å². The maximum absolute atomic E-state index is 6.53. The highest BCUT2D eigenvalue weighted by Crippen LogP contribution is 2.41. The van der Waals surface area contributed by atoms with Crippen LogP contribution in [0.2, 0.25) is 5.02 Å². The number of para-hydroxylation sites is 1. The van der Waals surface area contributed by atoms with Crippen LogP contribution in [0.5, 0.6) is 0 Å². The largest absolute Gasteiger partial charge is 0.454 e. The van der Waals surface area contributed by atoms with Gasteiger partial charge in [-0.2, -0.15) is 0 Å². The molecule has 40 heavy (non-hydrogen) atoms. The van der Waals surface area contributed by atoms with Crippen molar-refractivity contribution in [3.63, 3.8) is 0 Å². The highest BCUT2D eigenvalue weighted by Gasteiger charge is 2.20. The molecule has 0 aliphatic rings. The summed E-state index contributed by atoms with van der Waals surface area (Å²) in [5.74, 6) is 1.86. The van der Waals surface area contributed by atoms with Gasteiger partial charge in [0.1, 0.15) is 5.58 Å². The summed E-state index contributed by atoms with van der Waals surface area (Å²) in [6.07, 6.45) is 0. The summed E-state index contributed by atoms with van der Waals surface area (Å²) in [4.78, 5) is 15.1. The van der Waals surface area contributed by atoms with E-state index in [0.29, 0.717) is 28.1 Å². The van der Waals surface area contributed by atoms with Gasteiger partial charge in [-0.1, -0.05) is 121 Å². The molecular weight excluding hydrogens is 514 g/mol. The van der Waals surface area contributed by atoms with Crippen molar-refractivity contribution < 1.29 is 4.42 Å². The fourth-order valence-electron chi connectivity index (χ4n) is 5.52. The molecule has 0 fully saturated rings. The van der Waals surface area contributed by atoms with Gasteiger partial charge in [0.05, 0.1) is 5.02 Å². The van der Waals surface area contributed by atoms with Crippen LogP contribution in [0, 0.1) is 0 Å². The fourth-order valence-corrected chi connectivity index (χ4v) is 5.74. The van der Waals surface area contributed by atoms with E-state index >= 15 is 0 Å². The second-order valence-corrected chi connectivity index (χ2v) is 10.2. The van der Waals surface area contributed by atoms with Gasteiger partial charge in [0.25, 0.3) is 0 Å². The van der Waals surface area contributed by atoms with Crippen LogP contribution in [-0.2, 0) is 0 Å². The maximum Gasteiger partial charge on any atom is 0.164 e. The number of hydrogen-bond acceptors (Lipinski definition) is 4. The molecule has 0 unspecified atom stereocenters.